The van der Waals surface area contributed by atoms with Gasteiger partial charge in [0.1, 0.15) is 17.9 Å². The van der Waals surface area contributed by atoms with Crippen LogP contribution in [-0.4, -0.2) is 36.7 Å². The highest BCUT2D eigenvalue weighted by Gasteiger charge is 2.12. The van der Waals surface area contributed by atoms with E-state index in [-0.39, 0.29) is 17.5 Å². The number of benzene rings is 2. The summed E-state index contributed by atoms with van der Waals surface area (Å²) < 4.78 is 41.8. The molecule has 0 aliphatic carbocycles. The van der Waals surface area contributed by atoms with Crippen molar-refractivity contribution < 1.29 is 17.5 Å². The second-order valence-corrected chi connectivity index (χ2v) is 8.01. The number of rotatable bonds is 6. The standard InChI is InChI=1S/C18H17FN4O3S/c1-26-16-7-6-13(19)9-15(16)17-20-11-21-18(23-17)22-14-5-3-4-12(8-14)10-27(2,24)25/h3-9,11H,10H2,1-2H3,(H,20,21,22,23). The minimum Gasteiger partial charge on any atom is -0.496 e. The first-order chi connectivity index (χ1) is 12.8. The van der Waals surface area contributed by atoms with Crippen LogP contribution in [-0.2, 0) is 15.6 Å². The van der Waals surface area contributed by atoms with Gasteiger partial charge in [-0.15, -0.1) is 0 Å². The largest absolute Gasteiger partial charge is 0.496 e. The molecule has 0 amide bonds. The van der Waals surface area contributed by atoms with Crippen molar-refractivity contribution in [1.82, 2.24) is 15.0 Å². The van der Waals surface area contributed by atoms with Crippen molar-refractivity contribution in [2.45, 2.75) is 5.75 Å². The Labute approximate surface area is 156 Å². The minimum atomic E-state index is -3.14. The van der Waals surface area contributed by atoms with E-state index >= 15 is 0 Å². The topological polar surface area (TPSA) is 94.1 Å². The number of halogens is 1. The molecule has 0 radical (unpaired) electrons. The molecular formula is C18H17FN4O3S. The van der Waals surface area contributed by atoms with E-state index in [9.17, 15) is 12.8 Å². The molecule has 3 rings (SSSR count). The van der Waals surface area contributed by atoms with Gasteiger partial charge in [-0.25, -0.2) is 22.8 Å². The molecule has 1 aromatic heterocycles. The predicted octanol–water partition coefficient (Wildman–Crippen LogP) is 2.97. The summed E-state index contributed by atoms with van der Waals surface area (Å²) in [6.07, 6.45) is 2.48. The third kappa shape index (κ3) is 4.98. The van der Waals surface area contributed by atoms with Gasteiger partial charge in [0.15, 0.2) is 15.7 Å². The van der Waals surface area contributed by atoms with Crippen molar-refractivity contribution in [3.05, 3.63) is 60.2 Å². The summed E-state index contributed by atoms with van der Waals surface area (Å²) in [7, 11) is -1.66. The van der Waals surface area contributed by atoms with Crippen LogP contribution >= 0.6 is 0 Å². The number of aromatic nitrogens is 3. The maximum absolute atomic E-state index is 13.6. The molecule has 0 aliphatic rings. The summed E-state index contributed by atoms with van der Waals surface area (Å²) >= 11 is 0. The summed E-state index contributed by atoms with van der Waals surface area (Å²) in [5.74, 6) is 0.419. The maximum atomic E-state index is 13.6. The Morgan fingerprint density at radius 3 is 2.70 bits per heavy atom. The number of nitrogens with zero attached hydrogens (tertiary/aromatic N) is 3. The van der Waals surface area contributed by atoms with Crippen molar-refractivity contribution in [3.63, 3.8) is 0 Å². The van der Waals surface area contributed by atoms with E-state index in [0.29, 0.717) is 22.6 Å². The lowest BCUT2D eigenvalue weighted by atomic mass is 10.2. The zero-order chi connectivity index (χ0) is 19.4. The molecule has 0 saturated heterocycles. The average Bonchev–Trinajstić information content (AvgIpc) is 2.61. The number of hydrogen-bond acceptors (Lipinski definition) is 7. The molecule has 0 aliphatic heterocycles. The Balaban J connectivity index is 1.89. The number of methoxy groups -OCH3 is 1. The van der Waals surface area contributed by atoms with Gasteiger partial charge in [0.25, 0.3) is 0 Å². The Morgan fingerprint density at radius 2 is 1.96 bits per heavy atom. The lowest BCUT2D eigenvalue weighted by molar-refractivity contribution is 0.415. The van der Waals surface area contributed by atoms with Crippen LogP contribution in [0.5, 0.6) is 5.75 Å². The molecular weight excluding hydrogens is 371 g/mol. The summed E-state index contributed by atoms with van der Waals surface area (Å²) in [6, 6.07) is 11.0. The fourth-order valence-electron chi connectivity index (χ4n) is 2.51. The summed E-state index contributed by atoms with van der Waals surface area (Å²) in [5, 5.41) is 3.00. The second kappa shape index (κ2) is 7.67. The SMILES string of the molecule is COc1ccc(F)cc1-c1ncnc(Nc2cccc(CS(C)(=O)=O)c2)n1. The number of hydrogen-bond donors (Lipinski definition) is 1. The molecule has 0 bridgehead atoms. The van der Waals surface area contributed by atoms with E-state index in [0.717, 1.165) is 0 Å². The molecule has 140 valence electrons. The third-order valence-electron chi connectivity index (χ3n) is 3.59. The first-order valence-corrected chi connectivity index (χ1v) is 9.97. The smallest absolute Gasteiger partial charge is 0.230 e. The molecule has 27 heavy (non-hydrogen) atoms. The van der Waals surface area contributed by atoms with Crippen LogP contribution in [0.2, 0.25) is 0 Å². The average molecular weight is 388 g/mol. The maximum Gasteiger partial charge on any atom is 0.230 e. The molecule has 0 fully saturated rings. The van der Waals surface area contributed by atoms with E-state index < -0.39 is 15.7 Å². The number of anilines is 2. The zero-order valence-electron chi connectivity index (χ0n) is 14.7. The van der Waals surface area contributed by atoms with Gasteiger partial charge in [-0.3, -0.25) is 0 Å². The summed E-state index contributed by atoms with van der Waals surface area (Å²) in [4.78, 5) is 12.4. The van der Waals surface area contributed by atoms with Gasteiger partial charge in [-0.1, -0.05) is 12.1 Å². The van der Waals surface area contributed by atoms with Crippen molar-refractivity contribution in [3.8, 4) is 17.1 Å². The molecule has 1 N–H and O–H groups in total. The predicted molar refractivity (Wildman–Crippen MR) is 100 cm³/mol. The van der Waals surface area contributed by atoms with Crippen molar-refractivity contribution in [1.29, 1.82) is 0 Å². The Hall–Kier alpha value is -3.07. The van der Waals surface area contributed by atoms with Crippen LogP contribution in [0.3, 0.4) is 0 Å². The highest BCUT2D eigenvalue weighted by Crippen LogP contribution is 2.28. The van der Waals surface area contributed by atoms with Crippen molar-refractivity contribution in [2.75, 3.05) is 18.7 Å². The Kier molecular flexibility index (Phi) is 5.31. The molecule has 7 nitrogen and oxygen atoms in total. The monoisotopic (exact) mass is 388 g/mol. The fourth-order valence-corrected chi connectivity index (χ4v) is 3.30. The van der Waals surface area contributed by atoms with Gasteiger partial charge >= 0.3 is 0 Å². The van der Waals surface area contributed by atoms with Crippen LogP contribution in [0.4, 0.5) is 16.0 Å². The van der Waals surface area contributed by atoms with E-state index in [1.807, 2.05) is 0 Å². The van der Waals surface area contributed by atoms with Gasteiger partial charge < -0.3 is 10.1 Å². The van der Waals surface area contributed by atoms with Crippen LogP contribution in [0.25, 0.3) is 11.4 Å². The summed E-state index contributed by atoms with van der Waals surface area (Å²) in [6.45, 7) is 0. The van der Waals surface area contributed by atoms with E-state index in [4.69, 9.17) is 4.74 Å². The van der Waals surface area contributed by atoms with Gasteiger partial charge in [0.2, 0.25) is 5.95 Å². The summed E-state index contributed by atoms with van der Waals surface area (Å²) in [5.41, 5.74) is 1.66. The first-order valence-electron chi connectivity index (χ1n) is 7.91. The lowest BCUT2D eigenvalue weighted by Gasteiger charge is -2.10. The molecule has 3 aromatic rings. The van der Waals surface area contributed by atoms with Crippen LogP contribution < -0.4 is 10.1 Å². The molecule has 9 heteroatoms. The van der Waals surface area contributed by atoms with E-state index in [1.54, 1.807) is 24.3 Å². The van der Waals surface area contributed by atoms with E-state index in [1.165, 1.54) is 37.9 Å². The number of nitrogens with one attached hydrogen (secondary N) is 1. The Morgan fingerprint density at radius 1 is 1.15 bits per heavy atom. The number of sulfone groups is 1. The molecule has 0 saturated carbocycles. The van der Waals surface area contributed by atoms with Gasteiger partial charge in [0.05, 0.1) is 18.4 Å². The first kappa shape index (κ1) is 18.7. The highest BCUT2D eigenvalue weighted by atomic mass is 32.2. The molecule has 1 heterocycles. The van der Waals surface area contributed by atoms with Gasteiger partial charge in [0, 0.05) is 11.9 Å². The molecule has 0 unspecified atom stereocenters. The molecule has 0 spiro atoms. The minimum absolute atomic E-state index is 0.0640. The normalized spacial score (nSPS) is 11.2. The van der Waals surface area contributed by atoms with Crippen LogP contribution in [0, 0.1) is 5.82 Å². The third-order valence-corrected chi connectivity index (χ3v) is 4.44. The van der Waals surface area contributed by atoms with Crippen molar-refractivity contribution >= 4 is 21.5 Å². The Bertz CT molecular complexity index is 1070. The van der Waals surface area contributed by atoms with Crippen molar-refractivity contribution in [2.24, 2.45) is 0 Å². The van der Waals surface area contributed by atoms with Gasteiger partial charge in [-0.05, 0) is 35.9 Å². The van der Waals surface area contributed by atoms with Crippen LogP contribution in [0.15, 0.2) is 48.8 Å². The molecule has 2 aromatic carbocycles. The number of ether oxygens (including phenoxy) is 1. The molecule has 0 atom stereocenters. The second-order valence-electron chi connectivity index (χ2n) is 5.87. The fraction of sp³-hybridized carbons (Fsp3) is 0.167. The zero-order valence-corrected chi connectivity index (χ0v) is 15.5. The quantitative estimate of drug-likeness (QED) is 0.694. The lowest BCUT2D eigenvalue weighted by Crippen LogP contribution is -2.03. The van der Waals surface area contributed by atoms with E-state index in [2.05, 4.69) is 20.3 Å². The van der Waals surface area contributed by atoms with Gasteiger partial charge in [-0.2, -0.15) is 4.98 Å². The van der Waals surface area contributed by atoms with Crippen LogP contribution in [0.1, 0.15) is 5.56 Å². The highest BCUT2D eigenvalue weighted by molar-refractivity contribution is 7.89.